The van der Waals surface area contributed by atoms with Crippen molar-refractivity contribution in [2.75, 3.05) is 13.2 Å². The molecule has 1 aliphatic heterocycles. The fraction of sp³-hybridized carbons (Fsp3) is 0.933. The van der Waals surface area contributed by atoms with Crippen LogP contribution in [0.15, 0.2) is 4.99 Å². The molecule has 0 atom stereocenters. The Balaban J connectivity index is 2.67. The summed E-state index contributed by atoms with van der Waals surface area (Å²) in [6, 6.07) is 0. The van der Waals surface area contributed by atoms with Gasteiger partial charge in [0.05, 0.1) is 5.60 Å². The van der Waals surface area contributed by atoms with Crippen LogP contribution in [0.2, 0.25) is 0 Å². The van der Waals surface area contributed by atoms with Crippen LogP contribution in [0.1, 0.15) is 61.3 Å². The fourth-order valence-electron chi connectivity index (χ4n) is 1.99. The molecule has 0 bridgehead atoms. The Labute approximate surface area is 107 Å². The van der Waals surface area contributed by atoms with Crippen molar-refractivity contribution in [1.29, 1.82) is 0 Å². The Hall–Kier alpha value is -0.370. The molecule has 1 aliphatic rings. The number of rotatable bonds is 6. The zero-order valence-corrected chi connectivity index (χ0v) is 12.7. The van der Waals surface area contributed by atoms with Crippen LogP contribution in [0.3, 0.4) is 0 Å². The van der Waals surface area contributed by atoms with E-state index < -0.39 is 0 Å². The lowest BCUT2D eigenvalue weighted by molar-refractivity contribution is -0.0952. The summed E-state index contributed by atoms with van der Waals surface area (Å²) in [5.74, 6) is 0. The Bertz CT molecular complexity index is 300. The standard InChI is InChI=1S/C15H29NO/c1-8-9-17-15(6,7)14(4,5)10-12-13(2,3)11-16-12/h8-11H2,1-7H3. The van der Waals surface area contributed by atoms with E-state index in [0.29, 0.717) is 5.41 Å². The van der Waals surface area contributed by atoms with E-state index in [0.717, 1.165) is 26.0 Å². The van der Waals surface area contributed by atoms with Gasteiger partial charge in [-0.05, 0) is 32.1 Å². The first-order chi connectivity index (χ1) is 7.62. The first-order valence-corrected chi connectivity index (χ1v) is 6.80. The molecule has 1 heterocycles. The molecule has 0 spiro atoms. The largest absolute Gasteiger partial charge is 0.375 e. The first kappa shape index (κ1) is 14.7. The number of nitrogens with zero attached hydrogens (tertiary/aromatic N) is 1. The van der Waals surface area contributed by atoms with Gasteiger partial charge in [-0.1, -0.05) is 34.6 Å². The van der Waals surface area contributed by atoms with Gasteiger partial charge in [-0.3, -0.25) is 4.99 Å². The maximum atomic E-state index is 6.03. The predicted molar refractivity (Wildman–Crippen MR) is 74.8 cm³/mol. The van der Waals surface area contributed by atoms with Gasteiger partial charge in [0.25, 0.3) is 0 Å². The second-order valence-corrected chi connectivity index (χ2v) is 7.07. The number of hydrogen-bond acceptors (Lipinski definition) is 2. The summed E-state index contributed by atoms with van der Waals surface area (Å²) in [6.07, 6.45) is 2.11. The minimum Gasteiger partial charge on any atom is -0.375 e. The molecule has 0 saturated heterocycles. The van der Waals surface area contributed by atoms with E-state index >= 15 is 0 Å². The van der Waals surface area contributed by atoms with Crippen molar-refractivity contribution < 1.29 is 4.74 Å². The highest BCUT2D eigenvalue weighted by Crippen LogP contribution is 2.42. The number of ether oxygens (including phenoxy) is 1. The molecule has 0 radical (unpaired) electrons. The van der Waals surface area contributed by atoms with Crippen molar-refractivity contribution in [3.63, 3.8) is 0 Å². The molecule has 0 aromatic rings. The van der Waals surface area contributed by atoms with Crippen LogP contribution < -0.4 is 0 Å². The zero-order valence-electron chi connectivity index (χ0n) is 12.7. The van der Waals surface area contributed by atoms with Crippen LogP contribution in [-0.2, 0) is 4.74 Å². The van der Waals surface area contributed by atoms with Crippen molar-refractivity contribution in [3.8, 4) is 0 Å². The van der Waals surface area contributed by atoms with Crippen LogP contribution >= 0.6 is 0 Å². The SMILES string of the molecule is CCCOC(C)(C)C(C)(C)CC1=NCC1(C)C. The van der Waals surface area contributed by atoms with Crippen LogP contribution in [-0.4, -0.2) is 24.5 Å². The summed E-state index contributed by atoms with van der Waals surface area (Å²) in [5.41, 5.74) is 1.68. The topological polar surface area (TPSA) is 21.6 Å². The highest BCUT2D eigenvalue weighted by Gasteiger charge is 2.43. The Morgan fingerprint density at radius 1 is 1.24 bits per heavy atom. The van der Waals surface area contributed by atoms with Crippen molar-refractivity contribution in [2.24, 2.45) is 15.8 Å². The molecule has 0 amide bonds. The van der Waals surface area contributed by atoms with Gasteiger partial charge >= 0.3 is 0 Å². The number of aliphatic imine (C=N–C) groups is 1. The van der Waals surface area contributed by atoms with Gasteiger partial charge in [-0.25, -0.2) is 0 Å². The highest BCUT2D eigenvalue weighted by molar-refractivity contribution is 5.94. The number of hydrogen-bond donors (Lipinski definition) is 0. The van der Waals surface area contributed by atoms with Gasteiger partial charge in [0.1, 0.15) is 0 Å². The summed E-state index contributed by atoms with van der Waals surface area (Å²) in [6.45, 7) is 17.5. The molecule has 0 unspecified atom stereocenters. The molecule has 0 aromatic carbocycles. The average Bonchev–Trinajstić information content (AvgIpc) is 2.21. The highest BCUT2D eigenvalue weighted by atomic mass is 16.5. The summed E-state index contributed by atoms with van der Waals surface area (Å²) < 4.78 is 6.03. The third-order valence-corrected chi connectivity index (χ3v) is 4.35. The third-order valence-electron chi connectivity index (χ3n) is 4.35. The van der Waals surface area contributed by atoms with Gasteiger partial charge in [-0.15, -0.1) is 0 Å². The maximum absolute atomic E-state index is 6.03. The zero-order chi connectivity index (χ0) is 13.3. The lowest BCUT2D eigenvalue weighted by atomic mass is 9.67. The van der Waals surface area contributed by atoms with E-state index in [2.05, 4.69) is 53.5 Å². The summed E-state index contributed by atoms with van der Waals surface area (Å²) in [4.78, 5) is 4.56. The third kappa shape index (κ3) is 3.09. The minimum atomic E-state index is -0.1000. The van der Waals surface area contributed by atoms with Crippen LogP contribution in [0.4, 0.5) is 0 Å². The van der Waals surface area contributed by atoms with E-state index in [9.17, 15) is 0 Å². The Morgan fingerprint density at radius 3 is 2.18 bits per heavy atom. The molecular weight excluding hydrogens is 210 g/mol. The molecule has 1 rings (SSSR count). The lowest BCUT2D eigenvalue weighted by Crippen LogP contribution is -2.47. The quantitative estimate of drug-likeness (QED) is 0.684. The van der Waals surface area contributed by atoms with Crippen LogP contribution in [0.5, 0.6) is 0 Å². The van der Waals surface area contributed by atoms with Gasteiger partial charge in [0.2, 0.25) is 0 Å². The molecule has 2 heteroatoms. The van der Waals surface area contributed by atoms with Crippen molar-refractivity contribution in [1.82, 2.24) is 0 Å². The normalized spacial score (nSPS) is 19.8. The van der Waals surface area contributed by atoms with Crippen molar-refractivity contribution in [2.45, 2.75) is 66.9 Å². The van der Waals surface area contributed by atoms with Crippen LogP contribution in [0, 0.1) is 10.8 Å². The van der Waals surface area contributed by atoms with Gasteiger partial charge in [0.15, 0.2) is 0 Å². The molecule has 0 aromatic heterocycles. The summed E-state index contributed by atoms with van der Waals surface area (Å²) >= 11 is 0. The monoisotopic (exact) mass is 239 g/mol. The smallest absolute Gasteiger partial charge is 0.0680 e. The molecular formula is C15H29NO. The average molecular weight is 239 g/mol. The van der Waals surface area contributed by atoms with Gasteiger partial charge in [-0.2, -0.15) is 0 Å². The molecule has 2 nitrogen and oxygen atoms in total. The Morgan fingerprint density at radius 2 is 1.82 bits per heavy atom. The second kappa shape index (κ2) is 4.72. The second-order valence-electron chi connectivity index (χ2n) is 7.07. The van der Waals surface area contributed by atoms with E-state index in [1.807, 2.05) is 0 Å². The van der Waals surface area contributed by atoms with Crippen molar-refractivity contribution >= 4 is 5.71 Å². The van der Waals surface area contributed by atoms with Gasteiger partial charge < -0.3 is 4.74 Å². The van der Waals surface area contributed by atoms with E-state index in [-0.39, 0.29) is 11.0 Å². The van der Waals surface area contributed by atoms with Crippen LogP contribution in [0.25, 0.3) is 0 Å². The molecule has 0 aliphatic carbocycles. The van der Waals surface area contributed by atoms with E-state index in [4.69, 9.17) is 4.74 Å². The van der Waals surface area contributed by atoms with Gasteiger partial charge in [0, 0.05) is 24.3 Å². The predicted octanol–water partition coefficient (Wildman–Crippen LogP) is 4.09. The first-order valence-electron chi connectivity index (χ1n) is 6.80. The molecule has 0 N–H and O–H groups in total. The molecule has 0 saturated carbocycles. The fourth-order valence-corrected chi connectivity index (χ4v) is 1.99. The van der Waals surface area contributed by atoms with E-state index in [1.165, 1.54) is 5.71 Å². The molecule has 17 heavy (non-hydrogen) atoms. The lowest BCUT2D eigenvalue weighted by Gasteiger charge is -2.45. The maximum Gasteiger partial charge on any atom is 0.0680 e. The molecule has 100 valence electrons. The molecule has 0 fully saturated rings. The summed E-state index contributed by atoms with van der Waals surface area (Å²) in [7, 11) is 0. The van der Waals surface area contributed by atoms with Crippen molar-refractivity contribution in [3.05, 3.63) is 0 Å². The Kier molecular flexibility index (Phi) is 4.08. The summed E-state index contributed by atoms with van der Waals surface area (Å²) in [5, 5.41) is 0. The minimum absolute atomic E-state index is 0.1000. The van der Waals surface area contributed by atoms with E-state index in [1.54, 1.807) is 0 Å².